The molecule has 7 nitrogen and oxygen atoms in total. The molecule has 0 radical (unpaired) electrons. The molecular weight excluding hydrogens is 376 g/mol. The van der Waals surface area contributed by atoms with Gasteiger partial charge in [0.15, 0.2) is 5.16 Å². The highest BCUT2D eigenvalue weighted by atomic mass is 32.2. The van der Waals surface area contributed by atoms with Crippen LogP contribution in [0.5, 0.6) is 0 Å². The van der Waals surface area contributed by atoms with Gasteiger partial charge in [-0.3, -0.25) is 14.4 Å². The Bertz CT molecular complexity index is 924. The second-order valence-electron chi connectivity index (χ2n) is 6.66. The van der Waals surface area contributed by atoms with Gasteiger partial charge >= 0.3 is 0 Å². The summed E-state index contributed by atoms with van der Waals surface area (Å²) in [6.07, 6.45) is 3.16. The van der Waals surface area contributed by atoms with Crippen molar-refractivity contribution in [2.24, 2.45) is 0 Å². The molecule has 28 heavy (non-hydrogen) atoms. The van der Waals surface area contributed by atoms with Crippen LogP contribution >= 0.6 is 11.8 Å². The third-order valence-corrected chi connectivity index (χ3v) is 5.32. The average molecular weight is 401 g/mol. The van der Waals surface area contributed by atoms with Gasteiger partial charge in [-0.2, -0.15) is 0 Å². The summed E-state index contributed by atoms with van der Waals surface area (Å²) in [7, 11) is 0. The van der Waals surface area contributed by atoms with Crippen LogP contribution in [0.1, 0.15) is 50.2 Å². The third kappa shape index (κ3) is 4.62. The number of aryl methyl sites for hydroxylation is 1. The summed E-state index contributed by atoms with van der Waals surface area (Å²) in [5, 5.41) is 5.86. The molecule has 0 spiro atoms. The summed E-state index contributed by atoms with van der Waals surface area (Å²) in [6.45, 7) is 4.08. The van der Waals surface area contributed by atoms with Crippen molar-refractivity contribution in [3.63, 3.8) is 0 Å². The van der Waals surface area contributed by atoms with E-state index in [1.807, 2.05) is 31.2 Å². The first-order valence-electron chi connectivity index (χ1n) is 9.48. The number of H-pyrrole nitrogens is 1. The molecule has 0 unspecified atom stereocenters. The molecule has 1 atom stereocenters. The highest BCUT2D eigenvalue weighted by molar-refractivity contribution is 7.99. The number of unbranched alkanes of at least 4 members (excludes halogenated alkanes) is 1. The normalized spacial score (nSPS) is 15.6. The lowest BCUT2D eigenvalue weighted by atomic mass is 9.92. The fraction of sp³-hybridized carbons (Fsp3) is 0.400. The van der Waals surface area contributed by atoms with Gasteiger partial charge in [0.1, 0.15) is 5.82 Å². The summed E-state index contributed by atoms with van der Waals surface area (Å²) in [6, 6.07) is 7.65. The Labute approximate surface area is 167 Å². The lowest BCUT2D eigenvalue weighted by molar-refractivity contribution is -0.123. The molecule has 8 heteroatoms. The molecule has 2 amide bonds. The number of amides is 2. The Morgan fingerprint density at radius 3 is 2.68 bits per heavy atom. The van der Waals surface area contributed by atoms with Gasteiger partial charge in [-0.15, -0.1) is 0 Å². The Morgan fingerprint density at radius 1 is 1.25 bits per heavy atom. The topological polar surface area (TPSA) is 104 Å². The van der Waals surface area contributed by atoms with Gasteiger partial charge in [0.25, 0.3) is 5.56 Å². The number of carbonyl (C=O) groups is 2. The lowest BCUT2D eigenvalue weighted by Gasteiger charge is -2.23. The molecule has 0 bridgehead atoms. The summed E-state index contributed by atoms with van der Waals surface area (Å²) in [4.78, 5) is 44.4. The minimum absolute atomic E-state index is 0.0849. The van der Waals surface area contributed by atoms with E-state index < -0.39 is 11.5 Å². The van der Waals surface area contributed by atoms with E-state index in [-0.39, 0.29) is 29.6 Å². The van der Waals surface area contributed by atoms with E-state index in [0.717, 1.165) is 25.0 Å². The fourth-order valence-corrected chi connectivity index (χ4v) is 3.74. The summed E-state index contributed by atoms with van der Waals surface area (Å²) in [5.74, 6) is -0.687. The number of fused-ring (bicyclic) bond motifs is 1. The van der Waals surface area contributed by atoms with E-state index in [9.17, 15) is 14.4 Å². The number of carbonyl (C=O) groups excluding carboxylic acids is 2. The Morgan fingerprint density at radius 2 is 2.00 bits per heavy atom. The zero-order chi connectivity index (χ0) is 20.1. The molecule has 3 N–H and O–H groups in total. The van der Waals surface area contributed by atoms with Gasteiger partial charge in [-0.05, 0) is 36.3 Å². The van der Waals surface area contributed by atoms with Crippen molar-refractivity contribution in [2.45, 2.75) is 50.6 Å². The van der Waals surface area contributed by atoms with Crippen LogP contribution in [0.15, 0.2) is 34.2 Å². The van der Waals surface area contributed by atoms with Crippen LogP contribution in [0.4, 0.5) is 11.5 Å². The minimum atomic E-state index is -0.875. The van der Waals surface area contributed by atoms with Crippen LogP contribution in [0.3, 0.4) is 0 Å². The molecule has 1 aromatic heterocycles. The van der Waals surface area contributed by atoms with E-state index in [1.165, 1.54) is 17.3 Å². The number of rotatable bonds is 7. The molecule has 3 rings (SSSR count). The van der Waals surface area contributed by atoms with Crippen molar-refractivity contribution in [3.8, 4) is 0 Å². The Balaban J connectivity index is 1.81. The molecule has 2 aromatic rings. The second kappa shape index (κ2) is 9.05. The maximum Gasteiger partial charge on any atom is 0.257 e. The van der Waals surface area contributed by atoms with E-state index in [4.69, 9.17) is 0 Å². The molecule has 0 saturated heterocycles. The maximum atomic E-state index is 12.8. The van der Waals surface area contributed by atoms with Crippen LogP contribution in [-0.4, -0.2) is 27.5 Å². The monoisotopic (exact) mass is 400 g/mol. The van der Waals surface area contributed by atoms with Crippen molar-refractivity contribution in [1.82, 2.24) is 9.97 Å². The molecule has 0 fully saturated rings. The average Bonchev–Trinajstić information content (AvgIpc) is 2.66. The maximum absolute atomic E-state index is 12.8. The van der Waals surface area contributed by atoms with Gasteiger partial charge in [0.05, 0.1) is 11.5 Å². The van der Waals surface area contributed by atoms with Crippen LogP contribution in [0, 0.1) is 0 Å². The molecule has 0 aliphatic carbocycles. The van der Waals surface area contributed by atoms with Crippen molar-refractivity contribution >= 4 is 35.1 Å². The van der Waals surface area contributed by atoms with Gasteiger partial charge < -0.3 is 15.6 Å². The van der Waals surface area contributed by atoms with Crippen molar-refractivity contribution in [2.75, 3.05) is 16.4 Å². The van der Waals surface area contributed by atoms with Crippen molar-refractivity contribution in [1.29, 1.82) is 0 Å². The van der Waals surface area contributed by atoms with E-state index in [1.54, 1.807) is 0 Å². The van der Waals surface area contributed by atoms with Crippen molar-refractivity contribution < 1.29 is 9.59 Å². The second-order valence-corrected chi connectivity index (χ2v) is 7.91. The number of hydrogen-bond acceptors (Lipinski definition) is 5. The molecule has 0 saturated carbocycles. The first-order valence-corrected chi connectivity index (χ1v) is 10.5. The number of aromatic amines is 1. The number of thioether (sulfide) groups is 1. The van der Waals surface area contributed by atoms with E-state index in [0.29, 0.717) is 10.8 Å². The summed E-state index contributed by atoms with van der Waals surface area (Å²) < 4.78 is 0. The highest BCUT2D eigenvalue weighted by Gasteiger charge is 2.34. The summed E-state index contributed by atoms with van der Waals surface area (Å²) in [5.41, 5.74) is 1.66. The zero-order valence-electron chi connectivity index (χ0n) is 16.0. The van der Waals surface area contributed by atoms with Crippen LogP contribution in [-0.2, 0) is 16.0 Å². The number of nitrogens with one attached hydrogen (secondary N) is 3. The third-order valence-electron chi connectivity index (χ3n) is 4.57. The number of nitrogens with zero attached hydrogens (tertiary/aromatic N) is 1. The molecule has 1 aliphatic heterocycles. The zero-order valence-corrected chi connectivity index (χ0v) is 16.8. The first-order chi connectivity index (χ1) is 13.5. The number of aromatic nitrogens is 2. The van der Waals surface area contributed by atoms with Gasteiger partial charge in [-0.25, -0.2) is 4.98 Å². The van der Waals surface area contributed by atoms with E-state index >= 15 is 0 Å². The number of benzene rings is 1. The summed E-state index contributed by atoms with van der Waals surface area (Å²) >= 11 is 1.36. The van der Waals surface area contributed by atoms with Gasteiger partial charge in [-0.1, -0.05) is 44.2 Å². The highest BCUT2D eigenvalue weighted by Crippen LogP contribution is 2.30. The van der Waals surface area contributed by atoms with Crippen LogP contribution in [0.25, 0.3) is 0 Å². The first kappa shape index (κ1) is 20.1. The number of hydrogen-bond donors (Lipinski definition) is 3. The minimum Gasteiger partial charge on any atom is -0.326 e. The molecule has 2 heterocycles. The SMILES string of the molecule is CCCCc1ccc(NC(=O)[C@@H]2CC(=O)Nc3nc(SCC)[nH]c(=O)c32)cc1. The lowest BCUT2D eigenvalue weighted by Crippen LogP contribution is -2.36. The predicted octanol–water partition coefficient (Wildman–Crippen LogP) is 3.29. The quantitative estimate of drug-likeness (QED) is 0.489. The number of anilines is 2. The van der Waals surface area contributed by atoms with Gasteiger partial charge in [0.2, 0.25) is 11.8 Å². The smallest absolute Gasteiger partial charge is 0.257 e. The van der Waals surface area contributed by atoms with Gasteiger partial charge in [0, 0.05) is 12.1 Å². The van der Waals surface area contributed by atoms with E-state index in [2.05, 4.69) is 27.5 Å². The Kier molecular flexibility index (Phi) is 6.51. The van der Waals surface area contributed by atoms with Crippen molar-refractivity contribution in [3.05, 3.63) is 45.7 Å². The van der Waals surface area contributed by atoms with Crippen LogP contribution in [0.2, 0.25) is 0 Å². The molecule has 1 aromatic carbocycles. The Hall–Kier alpha value is -2.61. The fourth-order valence-electron chi connectivity index (χ4n) is 3.14. The standard InChI is InChI=1S/C20H24N4O3S/c1-3-5-6-12-7-9-13(10-8-12)21-18(26)14-11-15(25)22-17-16(14)19(27)24-20(23-17)28-4-2/h7-10,14H,3-6,11H2,1-2H3,(H,21,26)(H2,22,23,24,25,27)/t14-/m1/s1. The molecule has 148 valence electrons. The molecular formula is C20H24N4O3S. The largest absolute Gasteiger partial charge is 0.326 e. The van der Waals surface area contributed by atoms with Crippen LogP contribution < -0.4 is 16.2 Å². The predicted molar refractivity (Wildman–Crippen MR) is 111 cm³/mol. The molecule has 1 aliphatic rings.